The molecule has 0 saturated carbocycles. The maximum Gasteiger partial charge on any atom is 0.278 e. The number of thioether (sulfide) groups is 1. The van der Waals surface area contributed by atoms with Crippen molar-refractivity contribution in [2.24, 2.45) is 0 Å². The van der Waals surface area contributed by atoms with Crippen molar-refractivity contribution in [3.8, 4) is 0 Å². The van der Waals surface area contributed by atoms with E-state index in [9.17, 15) is 18.4 Å². The third-order valence-corrected chi connectivity index (χ3v) is 5.31. The molecule has 1 amide bonds. The minimum Gasteiger partial charge on any atom is -0.353 e. The minimum atomic E-state index is -0.724. The number of hydrogen-bond donors (Lipinski definition) is 2. The first-order valence-electron chi connectivity index (χ1n) is 8.79. The van der Waals surface area contributed by atoms with Gasteiger partial charge < -0.3 is 10.3 Å². The van der Waals surface area contributed by atoms with E-state index in [0.717, 1.165) is 35.7 Å². The van der Waals surface area contributed by atoms with Gasteiger partial charge in [-0.3, -0.25) is 14.2 Å². The molecular weight excluding hydrogens is 386 g/mol. The number of amides is 1. The summed E-state index contributed by atoms with van der Waals surface area (Å²) in [6.07, 6.45) is 0.709. The Balaban J connectivity index is 1.86. The van der Waals surface area contributed by atoms with Crippen LogP contribution in [0.5, 0.6) is 0 Å². The normalized spacial score (nSPS) is 12.3. The lowest BCUT2D eigenvalue weighted by atomic mass is 10.2. The molecule has 0 saturated heterocycles. The second kappa shape index (κ2) is 8.14. The zero-order valence-corrected chi connectivity index (χ0v) is 16.5. The lowest BCUT2D eigenvalue weighted by molar-refractivity contribution is -0.113. The highest BCUT2D eigenvalue weighted by Gasteiger charge is 2.18. The zero-order chi connectivity index (χ0) is 20.4. The molecule has 3 aromatic rings. The molecule has 0 bridgehead atoms. The molecule has 0 unspecified atom stereocenters. The number of carbonyl (C=O) groups is 1. The largest absolute Gasteiger partial charge is 0.353 e. The first kappa shape index (κ1) is 20.1. The number of carbonyl (C=O) groups excluding carboxylic acids is 1. The number of nitrogens with zero attached hydrogens (tertiary/aromatic N) is 2. The average Bonchev–Trinajstić information content (AvgIpc) is 3.03. The van der Waals surface area contributed by atoms with Gasteiger partial charge in [-0.05, 0) is 38.5 Å². The van der Waals surface area contributed by atoms with Crippen molar-refractivity contribution in [2.45, 2.75) is 38.4 Å². The van der Waals surface area contributed by atoms with Crippen LogP contribution < -0.4 is 10.9 Å². The Morgan fingerprint density at radius 3 is 2.82 bits per heavy atom. The van der Waals surface area contributed by atoms with Crippen LogP contribution in [-0.2, 0) is 4.79 Å². The second-order valence-corrected chi connectivity index (χ2v) is 7.44. The summed E-state index contributed by atoms with van der Waals surface area (Å²) in [6, 6.07) is 4.49. The standard InChI is InChI=1S/C19H20F2N4O2S/c1-4-11(3)25-18(27)17-15(7-10(2)22-17)24-19(25)28-9-16(26)23-14-8-12(20)5-6-13(14)21/h5-8,11,22H,4,9H2,1-3H3,(H,23,26)/t11-/m0/s1. The van der Waals surface area contributed by atoms with Crippen molar-refractivity contribution < 1.29 is 13.6 Å². The van der Waals surface area contributed by atoms with E-state index < -0.39 is 17.5 Å². The molecule has 2 heterocycles. The molecule has 3 rings (SSSR count). The molecule has 0 aliphatic carbocycles. The fourth-order valence-electron chi connectivity index (χ4n) is 2.77. The summed E-state index contributed by atoms with van der Waals surface area (Å²) in [4.78, 5) is 32.6. The van der Waals surface area contributed by atoms with E-state index in [1.807, 2.05) is 20.8 Å². The fourth-order valence-corrected chi connectivity index (χ4v) is 3.67. The summed E-state index contributed by atoms with van der Waals surface area (Å²) in [5.74, 6) is -2.00. The molecule has 9 heteroatoms. The summed E-state index contributed by atoms with van der Waals surface area (Å²) in [6.45, 7) is 5.69. The Morgan fingerprint density at radius 1 is 1.36 bits per heavy atom. The summed E-state index contributed by atoms with van der Waals surface area (Å²) < 4.78 is 28.5. The first-order valence-corrected chi connectivity index (χ1v) is 9.78. The molecule has 0 aliphatic rings. The predicted molar refractivity (Wildman–Crippen MR) is 106 cm³/mol. The Morgan fingerprint density at radius 2 is 2.11 bits per heavy atom. The highest BCUT2D eigenvalue weighted by molar-refractivity contribution is 7.99. The lowest BCUT2D eigenvalue weighted by Crippen LogP contribution is -2.26. The van der Waals surface area contributed by atoms with E-state index in [1.54, 1.807) is 10.6 Å². The van der Waals surface area contributed by atoms with E-state index in [-0.39, 0.29) is 23.0 Å². The van der Waals surface area contributed by atoms with Gasteiger partial charge in [0, 0.05) is 17.8 Å². The number of hydrogen-bond acceptors (Lipinski definition) is 4. The molecule has 0 fully saturated rings. The molecule has 1 aromatic carbocycles. The van der Waals surface area contributed by atoms with Crippen LogP contribution in [0.25, 0.3) is 11.0 Å². The van der Waals surface area contributed by atoms with E-state index in [0.29, 0.717) is 22.6 Å². The highest BCUT2D eigenvalue weighted by atomic mass is 32.2. The molecule has 1 atom stereocenters. The van der Waals surface area contributed by atoms with Crippen LogP contribution in [0.15, 0.2) is 34.2 Å². The van der Waals surface area contributed by atoms with Crippen molar-refractivity contribution in [3.05, 3.63) is 51.9 Å². The maximum absolute atomic E-state index is 13.7. The summed E-state index contributed by atoms with van der Waals surface area (Å²) >= 11 is 1.08. The van der Waals surface area contributed by atoms with E-state index in [1.165, 1.54) is 0 Å². The average molecular weight is 406 g/mol. The number of aromatic amines is 1. The third-order valence-electron chi connectivity index (χ3n) is 4.35. The molecule has 148 valence electrons. The first-order chi connectivity index (χ1) is 13.3. The molecule has 6 nitrogen and oxygen atoms in total. The smallest absolute Gasteiger partial charge is 0.278 e. The molecule has 2 N–H and O–H groups in total. The molecule has 0 radical (unpaired) electrons. The topological polar surface area (TPSA) is 79.8 Å². The van der Waals surface area contributed by atoms with Crippen molar-refractivity contribution in [1.29, 1.82) is 0 Å². The number of halogens is 2. The van der Waals surface area contributed by atoms with Crippen LogP contribution in [0.4, 0.5) is 14.5 Å². The quantitative estimate of drug-likeness (QED) is 0.479. The van der Waals surface area contributed by atoms with E-state index in [4.69, 9.17) is 0 Å². The zero-order valence-electron chi connectivity index (χ0n) is 15.7. The Bertz CT molecular complexity index is 1090. The molecule has 28 heavy (non-hydrogen) atoms. The van der Waals surface area contributed by atoms with Crippen LogP contribution in [-0.4, -0.2) is 26.2 Å². The Kier molecular flexibility index (Phi) is 5.83. The number of benzene rings is 1. The van der Waals surface area contributed by atoms with Gasteiger partial charge in [-0.25, -0.2) is 13.8 Å². The molecular formula is C19H20F2N4O2S. The van der Waals surface area contributed by atoms with Gasteiger partial charge in [0.25, 0.3) is 5.56 Å². The Labute approximate surface area is 164 Å². The highest BCUT2D eigenvalue weighted by Crippen LogP contribution is 2.23. The van der Waals surface area contributed by atoms with Gasteiger partial charge in [-0.2, -0.15) is 0 Å². The molecule has 0 spiro atoms. The lowest BCUT2D eigenvalue weighted by Gasteiger charge is -2.17. The summed E-state index contributed by atoms with van der Waals surface area (Å²) in [5, 5.41) is 2.75. The van der Waals surface area contributed by atoms with Crippen LogP contribution in [0.2, 0.25) is 0 Å². The van der Waals surface area contributed by atoms with Crippen molar-refractivity contribution >= 4 is 34.4 Å². The van der Waals surface area contributed by atoms with Crippen molar-refractivity contribution in [2.75, 3.05) is 11.1 Å². The van der Waals surface area contributed by atoms with Crippen LogP contribution in [0, 0.1) is 18.6 Å². The number of fused-ring (bicyclic) bond motifs is 1. The van der Waals surface area contributed by atoms with Gasteiger partial charge in [0.15, 0.2) is 5.16 Å². The van der Waals surface area contributed by atoms with Gasteiger partial charge in [0.1, 0.15) is 17.2 Å². The number of H-pyrrole nitrogens is 1. The predicted octanol–water partition coefficient (Wildman–Crippen LogP) is 4.01. The number of aryl methyl sites for hydroxylation is 1. The number of aromatic nitrogens is 3. The number of rotatable bonds is 6. The third kappa shape index (κ3) is 4.09. The number of nitrogens with one attached hydrogen (secondary N) is 2. The van der Waals surface area contributed by atoms with E-state index >= 15 is 0 Å². The van der Waals surface area contributed by atoms with Gasteiger partial charge >= 0.3 is 0 Å². The van der Waals surface area contributed by atoms with Crippen LogP contribution in [0.3, 0.4) is 0 Å². The van der Waals surface area contributed by atoms with Gasteiger partial charge in [-0.1, -0.05) is 18.7 Å². The molecule has 0 aliphatic heterocycles. The van der Waals surface area contributed by atoms with Crippen molar-refractivity contribution in [1.82, 2.24) is 14.5 Å². The Hall–Kier alpha value is -2.68. The van der Waals surface area contributed by atoms with Gasteiger partial charge in [0.2, 0.25) is 5.91 Å². The molecule has 2 aromatic heterocycles. The van der Waals surface area contributed by atoms with Crippen LogP contribution in [0.1, 0.15) is 32.0 Å². The second-order valence-electron chi connectivity index (χ2n) is 6.50. The fraction of sp³-hybridized carbons (Fsp3) is 0.316. The maximum atomic E-state index is 13.7. The van der Waals surface area contributed by atoms with Crippen molar-refractivity contribution in [3.63, 3.8) is 0 Å². The van der Waals surface area contributed by atoms with Gasteiger partial charge in [-0.15, -0.1) is 0 Å². The number of anilines is 1. The van der Waals surface area contributed by atoms with Crippen LogP contribution >= 0.6 is 11.8 Å². The minimum absolute atomic E-state index is 0.103. The van der Waals surface area contributed by atoms with E-state index in [2.05, 4.69) is 15.3 Å². The monoisotopic (exact) mass is 406 g/mol. The summed E-state index contributed by atoms with van der Waals surface area (Å²) in [5.41, 5.74) is 1.34. The SMILES string of the molecule is CC[C@H](C)n1c(SCC(=O)Nc2cc(F)ccc2F)nc2cc(C)[nH]c2c1=O. The van der Waals surface area contributed by atoms with Gasteiger partial charge in [0.05, 0.1) is 17.0 Å². The summed E-state index contributed by atoms with van der Waals surface area (Å²) in [7, 11) is 0.